The zero-order chi connectivity index (χ0) is 21.6. The molecule has 10 heteroatoms. The minimum atomic E-state index is -3.82. The van der Waals surface area contributed by atoms with Crippen molar-refractivity contribution in [3.05, 3.63) is 81.8 Å². The van der Waals surface area contributed by atoms with Gasteiger partial charge in [-0.1, -0.05) is 17.7 Å². The van der Waals surface area contributed by atoms with Crippen LogP contribution in [0.15, 0.2) is 71.2 Å². The zero-order valence-corrected chi connectivity index (χ0v) is 18.0. The average Bonchev–Trinajstić information content (AvgIpc) is 3.27. The second-order valence-corrected chi connectivity index (χ2v) is 9.80. The highest BCUT2D eigenvalue weighted by atomic mass is 35.5. The number of nitrogens with one attached hydrogen (secondary N) is 2. The summed E-state index contributed by atoms with van der Waals surface area (Å²) in [7, 11) is -3.82. The molecular weight excluding hydrogens is 446 g/mol. The van der Waals surface area contributed by atoms with Crippen molar-refractivity contribution < 1.29 is 18.0 Å². The van der Waals surface area contributed by atoms with Crippen LogP contribution in [0, 0.1) is 0 Å². The summed E-state index contributed by atoms with van der Waals surface area (Å²) in [6.07, 6.45) is 3.16. The van der Waals surface area contributed by atoms with E-state index in [2.05, 4.69) is 15.6 Å². The molecule has 3 aromatic rings. The molecule has 0 fully saturated rings. The van der Waals surface area contributed by atoms with Crippen molar-refractivity contribution in [2.45, 2.75) is 16.7 Å². The van der Waals surface area contributed by atoms with Crippen LogP contribution < -0.4 is 10.6 Å². The van der Waals surface area contributed by atoms with Crippen LogP contribution in [0.1, 0.15) is 15.7 Å². The first kappa shape index (κ1) is 21.9. The molecule has 2 N–H and O–H groups in total. The van der Waals surface area contributed by atoms with Crippen LogP contribution in [0.25, 0.3) is 0 Å². The normalized spacial score (nSPS) is 12.2. The Morgan fingerprint density at radius 3 is 2.30 bits per heavy atom. The summed E-state index contributed by atoms with van der Waals surface area (Å²) in [5.74, 6) is -1.75. The Hall–Kier alpha value is -2.75. The molecule has 1 atom stereocenters. The molecule has 2 aromatic heterocycles. The number of amides is 2. The highest BCUT2D eigenvalue weighted by Crippen LogP contribution is 2.31. The number of thiophene rings is 1. The minimum absolute atomic E-state index is 0.0849. The third-order valence-corrected chi connectivity index (χ3v) is 7.72. The Bertz CT molecular complexity index is 1100. The molecule has 30 heavy (non-hydrogen) atoms. The van der Waals surface area contributed by atoms with E-state index in [1.54, 1.807) is 42.0 Å². The van der Waals surface area contributed by atoms with Gasteiger partial charge >= 0.3 is 11.8 Å². The molecule has 7 nitrogen and oxygen atoms in total. The molecule has 0 aliphatic carbocycles. The Balaban J connectivity index is 1.69. The fourth-order valence-corrected chi connectivity index (χ4v) is 5.57. The van der Waals surface area contributed by atoms with Gasteiger partial charge in [-0.05, 0) is 53.4 Å². The fourth-order valence-electron chi connectivity index (χ4n) is 2.66. The number of aromatic nitrogens is 1. The molecule has 0 bridgehead atoms. The van der Waals surface area contributed by atoms with Gasteiger partial charge in [-0.15, -0.1) is 11.3 Å². The molecule has 2 heterocycles. The molecular formula is C20H18ClN3O4S2. The fraction of sp³-hybridized carbons (Fsp3) is 0.150. The number of carbonyl (C=O) groups excluding carboxylic acids is 2. The van der Waals surface area contributed by atoms with Crippen LogP contribution >= 0.6 is 22.9 Å². The van der Waals surface area contributed by atoms with Gasteiger partial charge in [0.15, 0.2) is 9.84 Å². The molecule has 1 aromatic carbocycles. The smallest absolute Gasteiger partial charge is 0.309 e. The number of carbonyl (C=O) groups is 2. The lowest BCUT2D eigenvalue weighted by Crippen LogP contribution is -2.42. The topological polar surface area (TPSA) is 105 Å². The van der Waals surface area contributed by atoms with Crippen LogP contribution in [-0.2, 0) is 26.0 Å². The summed E-state index contributed by atoms with van der Waals surface area (Å²) < 4.78 is 26.3. The van der Waals surface area contributed by atoms with E-state index in [1.807, 2.05) is 0 Å². The summed E-state index contributed by atoms with van der Waals surface area (Å²) in [5, 5.41) is 6.06. The average molecular weight is 464 g/mol. The van der Waals surface area contributed by atoms with Gasteiger partial charge in [0, 0.05) is 35.4 Å². The van der Waals surface area contributed by atoms with E-state index < -0.39 is 26.9 Å². The first-order valence-corrected chi connectivity index (χ1v) is 11.7. The maximum Gasteiger partial charge on any atom is 0.309 e. The predicted molar refractivity (Wildman–Crippen MR) is 115 cm³/mol. The van der Waals surface area contributed by atoms with Crippen molar-refractivity contribution >= 4 is 44.6 Å². The van der Waals surface area contributed by atoms with Crippen LogP contribution in [0.2, 0.25) is 5.02 Å². The maximum absolute atomic E-state index is 13.1. The molecule has 156 valence electrons. The Kier molecular flexibility index (Phi) is 7.20. The molecule has 0 saturated carbocycles. The molecule has 2 amide bonds. The van der Waals surface area contributed by atoms with Gasteiger partial charge in [-0.3, -0.25) is 14.6 Å². The van der Waals surface area contributed by atoms with Gasteiger partial charge in [0.2, 0.25) is 0 Å². The summed E-state index contributed by atoms with van der Waals surface area (Å²) in [6.45, 7) is -0.0841. The van der Waals surface area contributed by atoms with E-state index in [1.165, 1.54) is 35.6 Å². The van der Waals surface area contributed by atoms with Gasteiger partial charge < -0.3 is 10.6 Å². The summed E-state index contributed by atoms with van der Waals surface area (Å²) in [4.78, 5) is 28.8. The Morgan fingerprint density at radius 1 is 1.00 bits per heavy atom. The predicted octanol–water partition coefficient (Wildman–Crippen LogP) is 2.74. The number of sulfone groups is 1. The minimum Gasteiger partial charge on any atom is -0.346 e. The largest absolute Gasteiger partial charge is 0.346 e. The van der Waals surface area contributed by atoms with Crippen molar-refractivity contribution in [1.29, 1.82) is 0 Å². The van der Waals surface area contributed by atoms with Crippen LogP contribution in [0.5, 0.6) is 0 Å². The molecule has 0 spiro atoms. The van der Waals surface area contributed by atoms with Crippen molar-refractivity contribution in [3.63, 3.8) is 0 Å². The van der Waals surface area contributed by atoms with Crippen LogP contribution in [0.4, 0.5) is 0 Å². The highest BCUT2D eigenvalue weighted by Gasteiger charge is 2.31. The zero-order valence-electron chi connectivity index (χ0n) is 15.6. The SMILES string of the molecule is O=C(NCc1ccncc1)C(=O)NCC(c1cccs1)S(=O)(=O)c1ccc(Cl)cc1. The number of nitrogens with zero attached hydrogens (tertiary/aromatic N) is 1. The van der Waals surface area contributed by atoms with Crippen LogP contribution in [-0.4, -0.2) is 31.8 Å². The molecule has 0 aliphatic rings. The molecule has 0 aliphatic heterocycles. The van der Waals surface area contributed by atoms with E-state index in [0.717, 1.165) is 5.56 Å². The van der Waals surface area contributed by atoms with Gasteiger partial charge in [-0.2, -0.15) is 0 Å². The lowest BCUT2D eigenvalue weighted by Gasteiger charge is -2.17. The van der Waals surface area contributed by atoms with E-state index in [9.17, 15) is 18.0 Å². The first-order valence-electron chi connectivity index (χ1n) is 8.85. The quantitative estimate of drug-likeness (QED) is 0.524. The number of benzene rings is 1. The molecule has 3 rings (SSSR count). The Morgan fingerprint density at radius 2 is 1.67 bits per heavy atom. The van der Waals surface area contributed by atoms with Crippen molar-refractivity contribution in [2.75, 3.05) is 6.54 Å². The second-order valence-electron chi connectivity index (χ2n) is 6.25. The van der Waals surface area contributed by atoms with Crippen molar-refractivity contribution in [2.24, 2.45) is 0 Å². The summed E-state index contributed by atoms with van der Waals surface area (Å²) >= 11 is 7.12. The number of pyridine rings is 1. The number of rotatable bonds is 7. The first-order chi connectivity index (χ1) is 14.4. The number of hydrogen-bond donors (Lipinski definition) is 2. The summed E-state index contributed by atoms with van der Waals surface area (Å²) in [6, 6.07) is 12.7. The number of halogens is 1. The monoisotopic (exact) mass is 463 g/mol. The molecule has 0 saturated heterocycles. The van der Waals surface area contributed by atoms with Gasteiger partial charge in [0.1, 0.15) is 5.25 Å². The maximum atomic E-state index is 13.1. The van der Waals surface area contributed by atoms with Crippen LogP contribution in [0.3, 0.4) is 0 Å². The lowest BCUT2D eigenvalue weighted by atomic mass is 10.3. The molecule has 1 unspecified atom stereocenters. The van der Waals surface area contributed by atoms with Gasteiger partial charge in [0.25, 0.3) is 0 Å². The second kappa shape index (κ2) is 9.84. The lowest BCUT2D eigenvalue weighted by molar-refractivity contribution is -0.139. The van der Waals surface area contributed by atoms with Crippen molar-refractivity contribution in [3.8, 4) is 0 Å². The number of hydrogen-bond acceptors (Lipinski definition) is 6. The summed E-state index contributed by atoms with van der Waals surface area (Å²) in [5.41, 5.74) is 0.785. The standard InChI is InChI=1S/C20H18ClN3O4S2/c21-15-3-5-16(6-4-15)30(27,28)18(17-2-1-11-29-17)13-24-20(26)19(25)23-12-14-7-9-22-10-8-14/h1-11,18H,12-13H2,(H,23,25)(H,24,26). The highest BCUT2D eigenvalue weighted by molar-refractivity contribution is 7.91. The third-order valence-electron chi connectivity index (χ3n) is 4.23. The van der Waals surface area contributed by atoms with E-state index in [4.69, 9.17) is 11.6 Å². The third kappa shape index (κ3) is 5.44. The van der Waals surface area contributed by atoms with Crippen molar-refractivity contribution in [1.82, 2.24) is 15.6 Å². The van der Waals surface area contributed by atoms with E-state index >= 15 is 0 Å². The van der Waals surface area contributed by atoms with Gasteiger partial charge in [-0.25, -0.2) is 8.42 Å². The Labute approximate surface area is 183 Å². The van der Waals surface area contributed by atoms with Gasteiger partial charge in [0.05, 0.1) is 4.90 Å². The van der Waals surface area contributed by atoms with E-state index in [-0.39, 0.29) is 18.0 Å². The van der Waals surface area contributed by atoms with E-state index in [0.29, 0.717) is 9.90 Å². The molecule has 0 radical (unpaired) electrons.